The first kappa shape index (κ1) is 23.1. The first-order valence-corrected chi connectivity index (χ1v) is 10.8. The quantitative estimate of drug-likeness (QED) is 0.430. The number of hydrogen-bond donors (Lipinski definition) is 1. The van der Waals surface area contributed by atoms with Gasteiger partial charge in [-0.1, -0.05) is 37.6 Å². The number of aromatic nitrogens is 2. The van der Waals surface area contributed by atoms with Crippen LogP contribution in [-0.2, 0) is 24.2 Å². The lowest BCUT2D eigenvalue weighted by molar-refractivity contribution is -0.132. The lowest BCUT2D eigenvalue weighted by atomic mass is 10.0. The van der Waals surface area contributed by atoms with Crippen LogP contribution in [0.25, 0.3) is 6.08 Å². The smallest absolute Gasteiger partial charge is 0.331 e. The molecule has 6 nitrogen and oxygen atoms in total. The van der Waals surface area contributed by atoms with E-state index in [1.807, 2.05) is 48.5 Å². The number of nitrogens with zero attached hydrogens (tertiary/aromatic N) is 2. The molecule has 0 amide bonds. The molecule has 1 heterocycles. The molecule has 0 bridgehead atoms. The standard InChI is InChI=1S/C26H30N2O4/c1-4-5-9-25-27-17-22(28(25)18-20-7-6-8-24(15-20)32-3)16-21(26(29)30)14-19-10-12-23(31-2)13-11-19/h6-8,10-13,15-17H,4-5,9,14,18H2,1-3H3,(H,29,30). The van der Waals surface area contributed by atoms with E-state index in [9.17, 15) is 9.90 Å². The summed E-state index contributed by atoms with van der Waals surface area (Å²) in [4.78, 5) is 16.6. The van der Waals surface area contributed by atoms with Gasteiger partial charge in [0.1, 0.15) is 17.3 Å². The van der Waals surface area contributed by atoms with Crippen LogP contribution < -0.4 is 9.47 Å². The number of imidazole rings is 1. The molecule has 6 heteroatoms. The van der Waals surface area contributed by atoms with E-state index in [0.717, 1.165) is 53.4 Å². The second-order valence-corrected chi connectivity index (χ2v) is 7.64. The Labute approximate surface area is 189 Å². The van der Waals surface area contributed by atoms with Crippen molar-refractivity contribution in [3.05, 3.63) is 82.9 Å². The third kappa shape index (κ3) is 6.00. The van der Waals surface area contributed by atoms with E-state index in [1.165, 1.54) is 0 Å². The number of carbonyl (C=O) groups is 1. The molecule has 0 fully saturated rings. The summed E-state index contributed by atoms with van der Waals surface area (Å²) >= 11 is 0. The zero-order valence-electron chi connectivity index (χ0n) is 18.9. The zero-order valence-corrected chi connectivity index (χ0v) is 18.9. The summed E-state index contributed by atoms with van der Waals surface area (Å²) in [7, 11) is 3.26. The highest BCUT2D eigenvalue weighted by atomic mass is 16.5. The van der Waals surface area contributed by atoms with E-state index < -0.39 is 5.97 Å². The second-order valence-electron chi connectivity index (χ2n) is 7.64. The molecule has 3 rings (SSSR count). The van der Waals surface area contributed by atoms with Gasteiger partial charge < -0.3 is 19.1 Å². The van der Waals surface area contributed by atoms with Crippen LogP contribution in [0.2, 0.25) is 0 Å². The molecule has 0 aliphatic heterocycles. The number of rotatable bonds is 11. The summed E-state index contributed by atoms with van der Waals surface area (Å²) in [6.07, 6.45) is 6.74. The predicted molar refractivity (Wildman–Crippen MR) is 125 cm³/mol. The number of aryl methyl sites for hydroxylation is 1. The number of carboxylic acid groups (broad SMARTS) is 1. The molecule has 0 spiro atoms. The monoisotopic (exact) mass is 434 g/mol. The average Bonchev–Trinajstić information content (AvgIpc) is 3.18. The molecule has 32 heavy (non-hydrogen) atoms. The van der Waals surface area contributed by atoms with Crippen LogP contribution in [0.5, 0.6) is 11.5 Å². The number of aliphatic carboxylic acids is 1. The summed E-state index contributed by atoms with van der Waals surface area (Å²) in [6, 6.07) is 15.3. The number of hydrogen-bond acceptors (Lipinski definition) is 4. The van der Waals surface area contributed by atoms with Crippen molar-refractivity contribution in [3.8, 4) is 11.5 Å². The lowest BCUT2D eigenvalue weighted by Crippen LogP contribution is -2.09. The van der Waals surface area contributed by atoms with E-state index in [2.05, 4.69) is 16.5 Å². The maximum atomic E-state index is 12.0. The van der Waals surface area contributed by atoms with Crippen molar-refractivity contribution in [2.75, 3.05) is 14.2 Å². The van der Waals surface area contributed by atoms with Crippen molar-refractivity contribution in [1.82, 2.24) is 9.55 Å². The van der Waals surface area contributed by atoms with Crippen LogP contribution in [0.1, 0.15) is 42.4 Å². The molecule has 1 N–H and O–H groups in total. The van der Waals surface area contributed by atoms with Crippen molar-refractivity contribution in [2.45, 2.75) is 39.2 Å². The largest absolute Gasteiger partial charge is 0.497 e. The Morgan fingerprint density at radius 1 is 1.06 bits per heavy atom. The van der Waals surface area contributed by atoms with E-state index in [-0.39, 0.29) is 0 Å². The molecule has 0 aliphatic carbocycles. The van der Waals surface area contributed by atoms with Gasteiger partial charge in [0.05, 0.1) is 26.1 Å². The first-order valence-electron chi connectivity index (χ1n) is 10.8. The van der Waals surface area contributed by atoms with Gasteiger partial charge in [-0.15, -0.1) is 0 Å². The average molecular weight is 435 g/mol. The topological polar surface area (TPSA) is 73.6 Å². The molecule has 168 valence electrons. The highest BCUT2D eigenvalue weighted by Crippen LogP contribution is 2.21. The van der Waals surface area contributed by atoms with Crippen molar-refractivity contribution < 1.29 is 19.4 Å². The van der Waals surface area contributed by atoms with Gasteiger partial charge in [-0.25, -0.2) is 9.78 Å². The van der Waals surface area contributed by atoms with E-state index in [1.54, 1.807) is 26.5 Å². The van der Waals surface area contributed by atoms with Crippen molar-refractivity contribution >= 4 is 12.0 Å². The molecule has 0 saturated carbocycles. The number of benzene rings is 2. The molecule has 2 aromatic carbocycles. The molecular weight excluding hydrogens is 404 g/mol. The minimum Gasteiger partial charge on any atom is -0.497 e. The Morgan fingerprint density at radius 2 is 1.81 bits per heavy atom. The molecule has 3 aromatic rings. The molecule has 0 atom stereocenters. The van der Waals surface area contributed by atoms with Gasteiger partial charge in [0.25, 0.3) is 0 Å². The highest BCUT2D eigenvalue weighted by molar-refractivity contribution is 5.92. The van der Waals surface area contributed by atoms with E-state index in [0.29, 0.717) is 18.5 Å². The molecule has 0 saturated heterocycles. The minimum atomic E-state index is -0.940. The summed E-state index contributed by atoms with van der Waals surface area (Å²) < 4.78 is 12.6. The third-order valence-corrected chi connectivity index (χ3v) is 5.35. The van der Waals surface area contributed by atoms with Crippen molar-refractivity contribution in [2.24, 2.45) is 0 Å². The van der Waals surface area contributed by atoms with Gasteiger partial charge in [-0.05, 0) is 47.9 Å². The van der Waals surface area contributed by atoms with Crippen molar-refractivity contribution in [3.63, 3.8) is 0 Å². The third-order valence-electron chi connectivity index (χ3n) is 5.35. The van der Waals surface area contributed by atoms with Crippen LogP contribution in [-0.4, -0.2) is 34.8 Å². The van der Waals surface area contributed by atoms with Crippen LogP contribution in [0.15, 0.2) is 60.3 Å². The molecule has 0 unspecified atom stereocenters. The lowest BCUT2D eigenvalue weighted by Gasteiger charge is -2.12. The SMILES string of the molecule is CCCCc1ncc(C=C(Cc2ccc(OC)cc2)C(=O)O)n1Cc1cccc(OC)c1. The van der Waals surface area contributed by atoms with Gasteiger partial charge in [0.2, 0.25) is 0 Å². The summed E-state index contributed by atoms with van der Waals surface area (Å²) in [6.45, 7) is 2.74. The molecule has 0 aliphatic rings. The maximum Gasteiger partial charge on any atom is 0.331 e. The number of ether oxygens (including phenoxy) is 2. The fourth-order valence-electron chi connectivity index (χ4n) is 3.54. The van der Waals surface area contributed by atoms with Crippen molar-refractivity contribution in [1.29, 1.82) is 0 Å². The van der Waals surface area contributed by atoms with Gasteiger partial charge in [0, 0.05) is 25.0 Å². The molecule has 0 radical (unpaired) electrons. The minimum absolute atomic E-state index is 0.309. The van der Waals surface area contributed by atoms with Gasteiger partial charge in [-0.2, -0.15) is 0 Å². The Kier molecular flexibility index (Phi) is 8.08. The maximum absolute atomic E-state index is 12.0. The second kappa shape index (κ2) is 11.2. The van der Waals surface area contributed by atoms with Crippen LogP contribution in [0.3, 0.4) is 0 Å². The predicted octanol–water partition coefficient (Wildman–Crippen LogP) is 5.00. The van der Waals surface area contributed by atoms with Gasteiger partial charge >= 0.3 is 5.97 Å². The fraction of sp³-hybridized carbons (Fsp3) is 0.308. The summed E-state index contributed by atoms with van der Waals surface area (Å²) in [5.74, 6) is 1.55. The van der Waals surface area contributed by atoms with Crippen LogP contribution in [0.4, 0.5) is 0 Å². The molecule has 1 aromatic heterocycles. The number of unbranched alkanes of at least 4 members (excludes halogenated alkanes) is 1. The summed E-state index contributed by atoms with van der Waals surface area (Å²) in [5, 5.41) is 9.85. The Morgan fingerprint density at radius 3 is 2.47 bits per heavy atom. The van der Waals surface area contributed by atoms with E-state index >= 15 is 0 Å². The van der Waals surface area contributed by atoms with Gasteiger partial charge in [0.15, 0.2) is 0 Å². The Hall–Kier alpha value is -3.54. The highest BCUT2D eigenvalue weighted by Gasteiger charge is 2.14. The van der Waals surface area contributed by atoms with Gasteiger partial charge in [-0.3, -0.25) is 0 Å². The Balaban J connectivity index is 1.94. The first-order chi connectivity index (χ1) is 15.5. The summed E-state index contributed by atoms with van der Waals surface area (Å²) in [5.41, 5.74) is 3.07. The number of carboxylic acids is 1. The Bertz CT molecular complexity index is 1070. The van der Waals surface area contributed by atoms with E-state index in [4.69, 9.17) is 9.47 Å². The van der Waals surface area contributed by atoms with Crippen LogP contribution in [0, 0.1) is 0 Å². The zero-order chi connectivity index (χ0) is 22.9. The van der Waals surface area contributed by atoms with Crippen LogP contribution >= 0.6 is 0 Å². The number of methoxy groups -OCH3 is 2. The fourth-order valence-corrected chi connectivity index (χ4v) is 3.54. The normalized spacial score (nSPS) is 11.4. The molecular formula is C26H30N2O4.